The third kappa shape index (κ3) is 3.57. The van der Waals surface area contributed by atoms with Crippen LogP contribution in [-0.2, 0) is 0 Å². The van der Waals surface area contributed by atoms with Crippen LogP contribution in [0.2, 0.25) is 0 Å². The molecule has 1 aromatic carbocycles. The predicted molar refractivity (Wildman–Crippen MR) is 83.8 cm³/mol. The summed E-state index contributed by atoms with van der Waals surface area (Å²) in [7, 11) is 1.79. The Morgan fingerprint density at radius 3 is 2.70 bits per heavy atom. The van der Waals surface area contributed by atoms with Gasteiger partial charge in [-0.2, -0.15) is 0 Å². The first-order valence-corrected chi connectivity index (χ1v) is 7.09. The maximum atomic E-state index is 12.1. The molecule has 5 heteroatoms. The molecule has 1 aromatic heterocycles. The van der Waals surface area contributed by atoms with Crippen LogP contribution in [0.5, 0.6) is 0 Å². The Bertz CT molecular complexity index is 598. The Balaban J connectivity index is 2.06. The zero-order valence-corrected chi connectivity index (χ0v) is 12.9. The smallest absolute Gasteiger partial charge is 0.253 e. The van der Waals surface area contributed by atoms with E-state index in [2.05, 4.69) is 31.5 Å². The average molecular weight is 334 g/mol. The number of hydrogen-bond donors (Lipinski definition) is 2. The van der Waals surface area contributed by atoms with E-state index in [9.17, 15) is 4.79 Å². The molecule has 104 valence electrons. The van der Waals surface area contributed by atoms with Gasteiger partial charge in [-0.3, -0.25) is 4.79 Å². The van der Waals surface area contributed by atoms with Crippen molar-refractivity contribution in [2.45, 2.75) is 13.0 Å². The number of carbonyl (C=O) groups excluding carboxylic acids is 1. The second kappa shape index (κ2) is 6.52. The van der Waals surface area contributed by atoms with Gasteiger partial charge in [0.25, 0.3) is 5.91 Å². The summed E-state index contributed by atoms with van der Waals surface area (Å²) in [5.74, 6) is 0.606. The van der Waals surface area contributed by atoms with Crippen LogP contribution < -0.4 is 10.6 Å². The van der Waals surface area contributed by atoms with Gasteiger partial charge in [0.2, 0.25) is 0 Å². The van der Waals surface area contributed by atoms with Crippen LogP contribution in [0.4, 0.5) is 5.82 Å². The topological polar surface area (TPSA) is 54.0 Å². The van der Waals surface area contributed by atoms with Gasteiger partial charge in [-0.15, -0.1) is 0 Å². The Kier molecular flexibility index (Phi) is 4.74. The maximum Gasteiger partial charge on any atom is 0.253 e. The molecule has 0 aliphatic carbocycles. The lowest BCUT2D eigenvalue weighted by Crippen LogP contribution is -2.26. The van der Waals surface area contributed by atoms with Crippen molar-refractivity contribution in [2.24, 2.45) is 0 Å². The monoisotopic (exact) mass is 333 g/mol. The second-order valence-corrected chi connectivity index (χ2v) is 5.35. The number of pyridine rings is 1. The van der Waals surface area contributed by atoms with Crippen LogP contribution >= 0.6 is 15.9 Å². The molecule has 0 aliphatic rings. The van der Waals surface area contributed by atoms with Crippen molar-refractivity contribution >= 4 is 27.7 Å². The van der Waals surface area contributed by atoms with Gasteiger partial charge in [0.1, 0.15) is 5.82 Å². The number of nitrogens with zero attached hydrogens (tertiary/aromatic N) is 1. The molecule has 0 spiro atoms. The number of anilines is 1. The molecule has 1 unspecified atom stereocenters. The van der Waals surface area contributed by atoms with E-state index >= 15 is 0 Å². The molecule has 1 atom stereocenters. The van der Waals surface area contributed by atoms with Crippen LogP contribution in [0.3, 0.4) is 0 Å². The van der Waals surface area contributed by atoms with E-state index in [1.807, 2.05) is 31.2 Å². The fraction of sp³-hybridized carbons (Fsp3) is 0.200. The molecule has 2 rings (SSSR count). The molecule has 1 amide bonds. The van der Waals surface area contributed by atoms with E-state index in [0.717, 1.165) is 15.9 Å². The van der Waals surface area contributed by atoms with Crippen molar-refractivity contribution in [3.05, 3.63) is 58.2 Å². The van der Waals surface area contributed by atoms with E-state index in [1.54, 1.807) is 25.4 Å². The highest BCUT2D eigenvalue weighted by molar-refractivity contribution is 9.10. The first-order chi connectivity index (χ1) is 9.60. The number of benzene rings is 1. The SMILES string of the molecule is CNc1ccc(C(=O)NC(C)c2cccc(Br)c2)cn1. The molecule has 20 heavy (non-hydrogen) atoms. The van der Waals surface area contributed by atoms with Crippen molar-refractivity contribution in [1.29, 1.82) is 0 Å². The molecule has 0 aliphatic heterocycles. The lowest BCUT2D eigenvalue weighted by molar-refractivity contribution is 0.0939. The van der Waals surface area contributed by atoms with Crippen LogP contribution in [0.25, 0.3) is 0 Å². The molecule has 4 nitrogen and oxygen atoms in total. The Morgan fingerprint density at radius 2 is 2.10 bits per heavy atom. The van der Waals surface area contributed by atoms with Crippen LogP contribution in [0, 0.1) is 0 Å². The van der Waals surface area contributed by atoms with Gasteiger partial charge in [-0.25, -0.2) is 4.98 Å². The number of amides is 1. The fourth-order valence-corrected chi connectivity index (χ4v) is 2.23. The lowest BCUT2D eigenvalue weighted by Gasteiger charge is -2.14. The van der Waals surface area contributed by atoms with Crippen molar-refractivity contribution in [1.82, 2.24) is 10.3 Å². The third-order valence-electron chi connectivity index (χ3n) is 2.98. The standard InChI is InChI=1S/C15H16BrN3O/c1-10(11-4-3-5-13(16)8-11)19-15(20)12-6-7-14(17-2)18-9-12/h3-10H,1-2H3,(H,17,18)(H,19,20). The summed E-state index contributed by atoms with van der Waals surface area (Å²) in [5.41, 5.74) is 1.60. The molecule has 0 radical (unpaired) electrons. The normalized spacial score (nSPS) is 11.8. The second-order valence-electron chi connectivity index (χ2n) is 4.43. The van der Waals surface area contributed by atoms with E-state index in [-0.39, 0.29) is 11.9 Å². The number of halogens is 1. The third-order valence-corrected chi connectivity index (χ3v) is 3.47. The number of nitrogens with one attached hydrogen (secondary N) is 2. The van der Waals surface area contributed by atoms with Gasteiger partial charge in [0.05, 0.1) is 11.6 Å². The summed E-state index contributed by atoms with van der Waals surface area (Å²) < 4.78 is 0.996. The molecule has 0 bridgehead atoms. The first-order valence-electron chi connectivity index (χ1n) is 6.30. The number of aromatic nitrogens is 1. The molecule has 2 N–H and O–H groups in total. The summed E-state index contributed by atoms with van der Waals surface area (Å²) in [6, 6.07) is 11.3. The van der Waals surface area contributed by atoms with Gasteiger partial charge in [0.15, 0.2) is 0 Å². The molecular weight excluding hydrogens is 318 g/mol. The minimum atomic E-state index is -0.132. The molecule has 0 saturated carbocycles. The van der Waals surface area contributed by atoms with Gasteiger partial charge in [-0.1, -0.05) is 28.1 Å². The van der Waals surface area contributed by atoms with Gasteiger partial charge in [-0.05, 0) is 36.8 Å². The van der Waals surface area contributed by atoms with E-state index in [0.29, 0.717) is 5.56 Å². The van der Waals surface area contributed by atoms with Crippen LogP contribution in [0.1, 0.15) is 28.9 Å². The van der Waals surface area contributed by atoms with E-state index < -0.39 is 0 Å². The highest BCUT2D eigenvalue weighted by Gasteiger charge is 2.11. The van der Waals surface area contributed by atoms with Gasteiger partial charge < -0.3 is 10.6 Å². The van der Waals surface area contributed by atoms with Crippen molar-refractivity contribution in [3.63, 3.8) is 0 Å². The zero-order valence-electron chi connectivity index (χ0n) is 11.4. The van der Waals surface area contributed by atoms with Crippen molar-refractivity contribution < 1.29 is 4.79 Å². The Labute approximate surface area is 126 Å². The van der Waals surface area contributed by atoms with Gasteiger partial charge >= 0.3 is 0 Å². The first kappa shape index (κ1) is 14.5. The molecule has 0 saturated heterocycles. The Morgan fingerprint density at radius 1 is 1.30 bits per heavy atom. The summed E-state index contributed by atoms with van der Waals surface area (Å²) in [6.45, 7) is 1.95. The average Bonchev–Trinajstić information content (AvgIpc) is 2.47. The maximum absolute atomic E-state index is 12.1. The minimum Gasteiger partial charge on any atom is -0.373 e. The van der Waals surface area contributed by atoms with E-state index in [4.69, 9.17) is 0 Å². The van der Waals surface area contributed by atoms with Crippen molar-refractivity contribution in [2.75, 3.05) is 12.4 Å². The molecular formula is C15H16BrN3O. The highest BCUT2D eigenvalue weighted by Crippen LogP contribution is 2.18. The predicted octanol–water partition coefficient (Wildman–Crippen LogP) is 3.38. The van der Waals surface area contributed by atoms with Gasteiger partial charge in [0, 0.05) is 17.7 Å². The number of hydrogen-bond acceptors (Lipinski definition) is 3. The minimum absolute atomic E-state index is 0.0658. The largest absolute Gasteiger partial charge is 0.373 e. The number of rotatable bonds is 4. The molecule has 2 aromatic rings. The van der Waals surface area contributed by atoms with Crippen LogP contribution in [-0.4, -0.2) is 17.9 Å². The lowest BCUT2D eigenvalue weighted by atomic mass is 10.1. The molecule has 0 fully saturated rings. The fourth-order valence-electron chi connectivity index (χ4n) is 1.82. The summed E-state index contributed by atoms with van der Waals surface area (Å²) in [4.78, 5) is 16.3. The quantitative estimate of drug-likeness (QED) is 0.901. The Hall–Kier alpha value is -1.88. The summed E-state index contributed by atoms with van der Waals surface area (Å²) >= 11 is 3.43. The molecule has 1 heterocycles. The summed E-state index contributed by atoms with van der Waals surface area (Å²) in [6.07, 6.45) is 1.56. The zero-order chi connectivity index (χ0) is 14.5. The summed E-state index contributed by atoms with van der Waals surface area (Å²) in [5, 5.41) is 5.87. The van der Waals surface area contributed by atoms with Crippen LogP contribution in [0.15, 0.2) is 47.1 Å². The van der Waals surface area contributed by atoms with Crippen molar-refractivity contribution in [3.8, 4) is 0 Å². The van der Waals surface area contributed by atoms with E-state index in [1.165, 1.54) is 0 Å². The number of carbonyl (C=O) groups is 1. The highest BCUT2D eigenvalue weighted by atomic mass is 79.9.